The Bertz CT molecular complexity index is 1430. The molecule has 0 saturated heterocycles. The minimum absolute atomic E-state index is 0.0141. The van der Waals surface area contributed by atoms with Crippen LogP contribution in [0.3, 0.4) is 0 Å². The van der Waals surface area contributed by atoms with E-state index >= 15 is 0 Å². The third kappa shape index (κ3) is 4.76. The smallest absolute Gasteiger partial charge is 0.262 e. The van der Waals surface area contributed by atoms with E-state index in [1.807, 2.05) is 0 Å². The van der Waals surface area contributed by atoms with Crippen LogP contribution in [0.2, 0.25) is 0 Å². The molecule has 0 radical (unpaired) electrons. The molecule has 35 heavy (non-hydrogen) atoms. The van der Waals surface area contributed by atoms with Gasteiger partial charge in [0.05, 0.1) is 43.7 Å². The molecule has 0 aliphatic carbocycles. The molecule has 1 aliphatic heterocycles. The van der Waals surface area contributed by atoms with Crippen LogP contribution in [0.25, 0.3) is 10.9 Å². The van der Waals surface area contributed by atoms with Crippen LogP contribution in [0.5, 0.6) is 23.0 Å². The second kappa shape index (κ2) is 9.63. The fourth-order valence-electron chi connectivity index (χ4n) is 3.61. The second-order valence-corrected chi connectivity index (χ2v) is 8.47. The van der Waals surface area contributed by atoms with Gasteiger partial charge in [-0.1, -0.05) is 11.8 Å². The van der Waals surface area contributed by atoms with E-state index in [4.69, 9.17) is 23.4 Å². The molecular weight excluding hydrogens is 474 g/mol. The molecule has 1 N–H and O–H groups in total. The number of methoxy groups -OCH3 is 2. The predicted octanol–water partition coefficient (Wildman–Crippen LogP) is 3.51. The zero-order chi connectivity index (χ0) is 24.4. The van der Waals surface area contributed by atoms with Gasteiger partial charge in [0.25, 0.3) is 5.56 Å². The number of furan rings is 1. The molecule has 0 fully saturated rings. The normalized spacial score (nSPS) is 12.1. The van der Waals surface area contributed by atoms with Crippen LogP contribution in [0.1, 0.15) is 5.76 Å². The molecule has 1 amide bonds. The van der Waals surface area contributed by atoms with Gasteiger partial charge in [0.1, 0.15) is 17.3 Å². The molecule has 10 nitrogen and oxygen atoms in total. The average Bonchev–Trinajstić information content (AvgIpc) is 3.55. The van der Waals surface area contributed by atoms with Gasteiger partial charge in [-0.05, 0) is 18.2 Å². The highest BCUT2D eigenvalue weighted by Crippen LogP contribution is 2.35. The Morgan fingerprint density at radius 1 is 1.11 bits per heavy atom. The van der Waals surface area contributed by atoms with Crippen molar-refractivity contribution < 1.29 is 28.2 Å². The van der Waals surface area contributed by atoms with Gasteiger partial charge in [-0.15, -0.1) is 0 Å². The van der Waals surface area contributed by atoms with Gasteiger partial charge in [0.2, 0.25) is 12.7 Å². The predicted molar refractivity (Wildman–Crippen MR) is 129 cm³/mol. The van der Waals surface area contributed by atoms with Crippen LogP contribution in [0.4, 0.5) is 5.69 Å². The van der Waals surface area contributed by atoms with E-state index in [2.05, 4.69) is 10.3 Å². The molecule has 11 heteroatoms. The summed E-state index contributed by atoms with van der Waals surface area (Å²) in [7, 11) is 3.07. The van der Waals surface area contributed by atoms with Crippen molar-refractivity contribution in [3.05, 3.63) is 64.8 Å². The Morgan fingerprint density at radius 2 is 1.86 bits per heavy atom. The zero-order valence-electron chi connectivity index (χ0n) is 18.9. The van der Waals surface area contributed by atoms with E-state index in [1.54, 1.807) is 42.5 Å². The number of amides is 1. The molecule has 2 aromatic heterocycles. The topological polar surface area (TPSA) is 114 Å². The summed E-state index contributed by atoms with van der Waals surface area (Å²) in [5, 5.41) is 3.58. The summed E-state index contributed by atoms with van der Waals surface area (Å²) in [6.45, 7) is 0.253. The van der Waals surface area contributed by atoms with Crippen molar-refractivity contribution in [1.82, 2.24) is 9.55 Å². The van der Waals surface area contributed by atoms with Crippen molar-refractivity contribution in [2.75, 3.05) is 32.1 Å². The number of nitrogens with one attached hydrogen (secondary N) is 1. The van der Waals surface area contributed by atoms with E-state index in [-0.39, 0.29) is 30.6 Å². The molecule has 0 unspecified atom stereocenters. The summed E-state index contributed by atoms with van der Waals surface area (Å²) in [5.74, 6) is 2.44. The van der Waals surface area contributed by atoms with Gasteiger partial charge >= 0.3 is 0 Å². The molecule has 3 heterocycles. The number of carbonyl (C=O) groups is 1. The highest BCUT2D eigenvalue weighted by molar-refractivity contribution is 7.99. The lowest BCUT2D eigenvalue weighted by molar-refractivity contribution is -0.113. The van der Waals surface area contributed by atoms with Crippen molar-refractivity contribution in [3.8, 4) is 23.0 Å². The molecule has 0 saturated carbocycles. The lowest BCUT2D eigenvalue weighted by Crippen LogP contribution is -2.24. The number of hydrogen-bond acceptors (Lipinski definition) is 9. The van der Waals surface area contributed by atoms with Crippen LogP contribution in [0.15, 0.2) is 63.1 Å². The minimum atomic E-state index is -0.283. The Labute approximate surface area is 203 Å². The molecular formula is C24H21N3O7S. The molecule has 0 bridgehead atoms. The maximum atomic E-state index is 13.4. The van der Waals surface area contributed by atoms with Crippen LogP contribution >= 0.6 is 11.8 Å². The maximum Gasteiger partial charge on any atom is 0.262 e. The number of ether oxygens (including phenoxy) is 4. The Kier molecular flexibility index (Phi) is 6.23. The summed E-state index contributed by atoms with van der Waals surface area (Å²) in [6, 6.07) is 11.9. The first kappa shape index (κ1) is 22.7. The molecule has 1 aliphatic rings. The lowest BCUT2D eigenvalue weighted by Gasteiger charge is -2.13. The van der Waals surface area contributed by atoms with E-state index < -0.39 is 0 Å². The minimum Gasteiger partial charge on any atom is -0.497 e. The van der Waals surface area contributed by atoms with Gasteiger partial charge in [0.15, 0.2) is 16.7 Å². The zero-order valence-corrected chi connectivity index (χ0v) is 19.7. The Balaban J connectivity index is 1.43. The number of hydrogen-bond donors (Lipinski definition) is 1. The van der Waals surface area contributed by atoms with E-state index in [9.17, 15) is 9.59 Å². The van der Waals surface area contributed by atoms with Crippen LogP contribution < -0.4 is 29.8 Å². The first-order valence-electron chi connectivity index (χ1n) is 10.6. The van der Waals surface area contributed by atoms with E-state index in [1.165, 1.54) is 25.0 Å². The van der Waals surface area contributed by atoms with Crippen LogP contribution in [0, 0.1) is 0 Å². The monoisotopic (exact) mass is 495 g/mol. The van der Waals surface area contributed by atoms with Gasteiger partial charge in [-0.25, -0.2) is 4.98 Å². The average molecular weight is 496 g/mol. The highest BCUT2D eigenvalue weighted by atomic mass is 32.2. The van der Waals surface area contributed by atoms with Crippen molar-refractivity contribution in [1.29, 1.82) is 0 Å². The van der Waals surface area contributed by atoms with Crippen molar-refractivity contribution in [2.24, 2.45) is 0 Å². The molecule has 0 atom stereocenters. The number of nitrogens with zero attached hydrogens (tertiary/aromatic N) is 2. The SMILES string of the molecule is COc1cc(NC(=O)CSc2nc3cc4c(cc3c(=O)n2Cc2ccco2)OCO4)cc(OC)c1. The number of aromatic nitrogens is 2. The lowest BCUT2D eigenvalue weighted by atomic mass is 10.2. The summed E-state index contributed by atoms with van der Waals surface area (Å²) in [5.41, 5.74) is 0.708. The standard InChI is InChI=1S/C24H21N3O7S/c1-30-16-6-14(7-17(8-16)31-2)25-22(28)12-35-24-26-19-10-21-20(33-13-34-21)9-18(19)23(29)27(24)11-15-4-3-5-32-15/h3-10H,11-13H2,1-2H3,(H,25,28). The fraction of sp³-hybridized carbons (Fsp3) is 0.208. The number of carbonyl (C=O) groups excluding carboxylic acids is 1. The van der Waals surface area contributed by atoms with E-state index in [0.717, 1.165) is 11.8 Å². The summed E-state index contributed by atoms with van der Waals surface area (Å²) >= 11 is 1.14. The van der Waals surface area contributed by atoms with Crippen molar-refractivity contribution >= 4 is 34.3 Å². The van der Waals surface area contributed by atoms with Crippen LogP contribution in [-0.2, 0) is 11.3 Å². The molecule has 4 aromatic rings. The third-order valence-corrected chi connectivity index (χ3v) is 6.25. The van der Waals surface area contributed by atoms with Crippen molar-refractivity contribution in [3.63, 3.8) is 0 Å². The number of thioether (sulfide) groups is 1. The molecule has 5 rings (SSSR count). The number of benzene rings is 2. The number of fused-ring (bicyclic) bond motifs is 2. The number of anilines is 1. The van der Waals surface area contributed by atoms with Gasteiger partial charge in [-0.3, -0.25) is 14.2 Å². The third-order valence-electron chi connectivity index (χ3n) is 5.28. The van der Waals surface area contributed by atoms with E-state index in [0.29, 0.717) is 50.5 Å². The summed E-state index contributed by atoms with van der Waals surface area (Å²) in [6.07, 6.45) is 1.54. The Hall–Kier alpha value is -4.12. The summed E-state index contributed by atoms with van der Waals surface area (Å²) in [4.78, 5) is 30.8. The molecule has 2 aromatic carbocycles. The largest absolute Gasteiger partial charge is 0.497 e. The van der Waals surface area contributed by atoms with Gasteiger partial charge < -0.3 is 28.7 Å². The van der Waals surface area contributed by atoms with Crippen LogP contribution in [-0.4, -0.2) is 42.2 Å². The molecule has 0 spiro atoms. The van der Waals surface area contributed by atoms with Crippen molar-refractivity contribution in [2.45, 2.75) is 11.7 Å². The highest BCUT2D eigenvalue weighted by Gasteiger charge is 2.20. The second-order valence-electron chi connectivity index (χ2n) is 7.53. The fourth-order valence-corrected chi connectivity index (χ4v) is 4.40. The molecule has 180 valence electrons. The quantitative estimate of drug-likeness (QED) is 0.290. The first-order valence-corrected chi connectivity index (χ1v) is 11.5. The Morgan fingerprint density at radius 3 is 2.54 bits per heavy atom. The van der Waals surface area contributed by atoms with Gasteiger partial charge in [-0.2, -0.15) is 0 Å². The first-order chi connectivity index (χ1) is 17.0. The number of rotatable bonds is 8. The van der Waals surface area contributed by atoms with Gasteiger partial charge in [0, 0.05) is 30.0 Å². The summed E-state index contributed by atoms with van der Waals surface area (Å²) < 4.78 is 28.3. The maximum absolute atomic E-state index is 13.4.